The molecule has 2 saturated carbocycles. The maximum atomic E-state index is 9.15. The maximum absolute atomic E-state index is 9.15. The number of thioether (sulfide) groups is 2. The predicted molar refractivity (Wildman–Crippen MR) is 87.8 cm³/mol. The monoisotopic (exact) mass is 301 g/mol. The van der Waals surface area contributed by atoms with Crippen LogP contribution in [0.5, 0.6) is 0 Å². The van der Waals surface area contributed by atoms with E-state index in [4.69, 9.17) is 5.21 Å². The molecular formula is C15H27NOS2. The van der Waals surface area contributed by atoms with Gasteiger partial charge in [-0.15, -0.1) is 0 Å². The van der Waals surface area contributed by atoms with Crippen molar-refractivity contribution in [2.45, 2.75) is 57.1 Å². The first-order chi connectivity index (χ1) is 9.36. The molecule has 0 radical (unpaired) electrons. The second kappa shape index (κ2) is 8.46. The van der Waals surface area contributed by atoms with Gasteiger partial charge in [0.1, 0.15) is 0 Å². The van der Waals surface area contributed by atoms with Gasteiger partial charge in [0.25, 0.3) is 0 Å². The van der Waals surface area contributed by atoms with Crippen LogP contribution < -0.4 is 0 Å². The fraction of sp³-hybridized carbons (Fsp3) is 0.933. The van der Waals surface area contributed by atoms with Crippen LogP contribution in [0.3, 0.4) is 0 Å². The number of oxime groups is 1. The zero-order valence-corrected chi connectivity index (χ0v) is 13.6. The van der Waals surface area contributed by atoms with Gasteiger partial charge < -0.3 is 5.21 Å². The molecule has 2 bridgehead atoms. The molecule has 19 heavy (non-hydrogen) atoms. The van der Waals surface area contributed by atoms with E-state index in [0.717, 1.165) is 11.6 Å². The van der Waals surface area contributed by atoms with Gasteiger partial charge in [-0.1, -0.05) is 31.3 Å². The van der Waals surface area contributed by atoms with Crippen LogP contribution in [0.4, 0.5) is 0 Å². The van der Waals surface area contributed by atoms with Gasteiger partial charge in [0.2, 0.25) is 0 Å². The zero-order valence-electron chi connectivity index (χ0n) is 12.0. The minimum atomic E-state index is 0.532. The third-order valence-electron chi connectivity index (χ3n) is 4.39. The van der Waals surface area contributed by atoms with Crippen molar-refractivity contribution in [3.63, 3.8) is 0 Å². The lowest BCUT2D eigenvalue weighted by molar-refractivity contribution is 0.314. The van der Waals surface area contributed by atoms with Gasteiger partial charge in [0.05, 0.1) is 5.71 Å². The van der Waals surface area contributed by atoms with Crippen molar-refractivity contribution in [2.24, 2.45) is 17.0 Å². The molecule has 0 saturated heterocycles. The fourth-order valence-corrected chi connectivity index (χ4v) is 6.01. The van der Waals surface area contributed by atoms with Gasteiger partial charge in [-0.2, -0.15) is 23.5 Å². The highest BCUT2D eigenvalue weighted by Gasteiger charge is 2.45. The number of hydrogen-bond donors (Lipinski definition) is 1. The summed E-state index contributed by atoms with van der Waals surface area (Å²) in [6.07, 6.45) is 9.37. The Morgan fingerprint density at radius 3 is 2.84 bits per heavy atom. The van der Waals surface area contributed by atoms with Crippen molar-refractivity contribution in [3.8, 4) is 0 Å². The Hall–Kier alpha value is 0.170. The summed E-state index contributed by atoms with van der Waals surface area (Å²) in [4.78, 5) is 0. The van der Waals surface area contributed by atoms with E-state index in [0.29, 0.717) is 11.2 Å². The largest absolute Gasteiger partial charge is 0.411 e. The first-order valence-electron chi connectivity index (χ1n) is 7.78. The molecule has 3 atom stereocenters. The summed E-state index contributed by atoms with van der Waals surface area (Å²) in [5.41, 5.74) is 1.11. The second-order valence-corrected chi connectivity index (χ2v) is 8.23. The van der Waals surface area contributed by atoms with Gasteiger partial charge in [-0.3, -0.25) is 0 Å². The van der Waals surface area contributed by atoms with Crippen LogP contribution in [0.1, 0.15) is 51.9 Å². The van der Waals surface area contributed by atoms with Gasteiger partial charge >= 0.3 is 0 Å². The molecular weight excluding hydrogens is 274 g/mol. The van der Waals surface area contributed by atoms with E-state index in [1.54, 1.807) is 0 Å². The Kier molecular flexibility index (Phi) is 6.92. The molecule has 0 unspecified atom stereocenters. The molecule has 1 N–H and O–H groups in total. The highest BCUT2D eigenvalue weighted by Crippen LogP contribution is 2.47. The van der Waals surface area contributed by atoms with Gasteiger partial charge in [-0.05, 0) is 37.4 Å². The Morgan fingerprint density at radius 2 is 2.05 bits per heavy atom. The minimum absolute atomic E-state index is 0.532. The highest BCUT2D eigenvalue weighted by molar-refractivity contribution is 8.03. The lowest BCUT2D eigenvalue weighted by atomic mass is 9.98. The summed E-state index contributed by atoms with van der Waals surface area (Å²) in [5.74, 6) is 5.19. The summed E-state index contributed by atoms with van der Waals surface area (Å²) in [6, 6.07) is 0. The number of nitrogens with zero attached hydrogens (tertiary/aromatic N) is 1. The molecule has 0 spiro atoms. The van der Waals surface area contributed by atoms with Gasteiger partial charge in [0.15, 0.2) is 0 Å². The first-order valence-corrected chi connectivity index (χ1v) is 9.98. The second-order valence-electron chi connectivity index (χ2n) is 5.76. The first kappa shape index (κ1) is 15.6. The Bertz CT molecular complexity index is 296. The van der Waals surface area contributed by atoms with Gasteiger partial charge in [-0.25, -0.2) is 0 Å². The summed E-state index contributed by atoms with van der Waals surface area (Å²) in [6.45, 7) is 2.26. The third kappa shape index (κ3) is 4.32. The van der Waals surface area contributed by atoms with Crippen LogP contribution in [0.2, 0.25) is 0 Å². The van der Waals surface area contributed by atoms with Crippen molar-refractivity contribution in [3.05, 3.63) is 0 Å². The molecule has 0 aromatic carbocycles. The quantitative estimate of drug-likeness (QED) is 0.382. The van der Waals surface area contributed by atoms with Crippen LogP contribution in [0.25, 0.3) is 0 Å². The number of hydrogen-bond acceptors (Lipinski definition) is 4. The average molecular weight is 302 g/mol. The molecule has 2 rings (SSSR count). The maximum Gasteiger partial charge on any atom is 0.0734 e. The molecule has 110 valence electrons. The minimum Gasteiger partial charge on any atom is -0.411 e. The molecule has 2 aliphatic rings. The van der Waals surface area contributed by atoms with Crippen LogP contribution in [0, 0.1) is 11.8 Å². The summed E-state index contributed by atoms with van der Waals surface area (Å²) in [7, 11) is 0. The van der Waals surface area contributed by atoms with E-state index in [1.807, 2.05) is 11.8 Å². The summed E-state index contributed by atoms with van der Waals surface area (Å²) >= 11 is 4.13. The number of fused-ring (bicyclic) bond motifs is 2. The molecule has 0 amide bonds. The SMILES string of the molecule is CCCCCCSCCS[C@H]1/C(=N\O)[C@H]2CC[C@@H]1C2. The van der Waals surface area contributed by atoms with Crippen LogP contribution in [0.15, 0.2) is 5.16 Å². The predicted octanol–water partition coefficient (Wildman–Crippen LogP) is 4.66. The van der Waals surface area contributed by atoms with Crippen LogP contribution in [-0.2, 0) is 0 Å². The lowest BCUT2D eigenvalue weighted by Gasteiger charge is -2.22. The summed E-state index contributed by atoms with van der Waals surface area (Å²) in [5, 5.41) is 13.3. The molecule has 2 fully saturated rings. The zero-order chi connectivity index (χ0) is 13.5. The van der Waals surface area contributed by atoms with Crippen molar-refractivity contribution < 1.29 is 5.21 Å². The molecule has 2 aliphatic carbocycles. The fourth-order valence-electron chi connectivity index (χ4n) is 3.36. The molecule has 2 nitrogen and oxygen atoms in total. The molecule has 0 heterocycles. The number of rotatable bonds is 9. The smallest absolute Gasteiger partial charge is 0.0734 e. The Morgan fingerprint density at radius 1 is 1.16 bits per heavy atom. The standard InChI is InChI=1S/C15H27NOS2/c1-2-3-4-5-8-18-9-10-19-15-13-7-6-12(11-13)14(15)16-17/h12-13,15,17H,2-11H2,1H3/b16-14-/t12-,13+,15+/m0/s1. The van der Waals surface area contributed by atoms with E-state index in [9.17, 15) is 0 Å². The Balaban J connectivity index is 1.54. The van der Waals surface area contributed by atoms with Crippen molar-refractivity contribution in [2.75, 3.05) is 17.3 Å². The normalized spacial score (nSPS) is 31.4. The van der Waals surface area contributed by atoms with Crippen LogP contribution in [-0.4, -0.2) is 33.4 Å². The lowest BCUT2D eigenvalue weighted by Crippen LogP contribution is -2.25. The average Bonchev–Trinajstić information content (AvgIpc) is 3.02. The Labute approximate surface area is 126 Å². The molecule has 0 aromatic heterocycles. The van der Waals surface area contributed by atoms with Crippen molar-refractivity contribution in [1.82, 2.24) is 0 Å². The highest BCUT2D eigenvalue weighted by atomic mass is 32.2. The van der Waals surface area contributed by atoms with E-state index in [1.165, 1.54) is 62.2 Å². The topological polar surface area (TPSA) is 32.6 Å². The van der Waals surface area contributed by atoms with Crippen molar-refractivity contribution in [1.29, 1.82) is 0 Å². The van der Waals surface area contributed by atoms with E-state index >= 15 is 0 Å². The van der Waals surface area contributed by atoms with E-state index in [-0.39, 0.29) is 0 Å². The molecule has 0 aromatic rings. The third-order valence-corrected chi connectivity index (χ3v) is 7.15. The van der Waals surface area contributed by atoms with E-state index < -0.39 is 0 Å². The van der Waals surface area contributed by atoms with Gasteiger partial charge in [0, 0.05) is 22.7 Å². The molecule has 0 aliphatic heterocycles. The van der Waals surface area contributed by atoms with Crippen LogP contribution >= 0.6 is 23.5 Å². The van der Waals surface area contributed by atoms with Crippen molar-refractivity contribution >= 4 is 29.2 Å². The van der Waals surface area contributed by atoms with E-state index in [2.05, 4.69) is 23.8 Å². The molecule has 4 heteroatoms. The number of unbranched alkanes of at least 4 members (excludes halogenated alkanes) is 3. The summed E-state index contributed by atoms with van der Waals surface area (Å²) < 4.78 is 0.